The fourth-order valence-electron chi connectivity index (χ4n) is 3.99. The normalized spacial score (nSPS) is 11.7. The number of fused-ring (bicyclic) bond motifs is 4. The molecule has 30 heavy (non-hydrogen) atoms. The van der Waals surface area contributed by atoms with E-state index in [0.29, 0.717) is 5.02 Å². The average molecular weight is 474 g/mol. The molecule has 6 aromatic rings. The van der Waals surface area contributed by atoms with Gasteiger partial charge in [0.2, 0.25) is 0 Å². The molecule has 5 heteroatoms. The zero-order chi connectivity index (χ0) is 20.2. The predicted molar refractivity (Wildman–Crippen MR) is 126 cm³/mol. The summed E-state index contributed by atoms with van der Waals surface area (Å²) in [5, 5.41) is 2.79. The van der Waals surface area contributed by atoms with Crippen LogP contribution >= 0.6 is 27.5 Å². The molecular weight excluding hydrogens is 460 g/mol. The van der Waals surface area contributed by atoms with Gasteiger partial charge < -0.3 is 4.42 Å². The third kappa shape index (κ3) is 2.61. The third-order valence-electron chi connectivity index (χ3n) is 5.36. The van der Waals surface area contributed by atoms with Gasteiger partial charge >= 0.3 is 0 Å². The first-order valence-corrected chi connectivity index (χ1v) is 10.7. The number of imidazole rings is 1. The van der Waals surface area contributed by atoms with E-state index in [0.717, 1.165) is 54.5 Å². The van der Waals surface area contributed by atoms with Crippen LogP contribution in [0.25, 0.3) is 50.0 Å². The number of aromatic nitrogens is 2. The molecule has 0 saturated carbocycles. The summed E-state index contributed by atoms with van der Waals surface area (Å²) in [6.07, 6.45) is 0. The van der Waals surface area contributed by atoms with Crippen molar-refractivity contribution in [3.8, 4) is 17.1 Å². The molecule has 0 fully saturated rings. The molecule has 4 aromatic carbocycles. The van der Waals surface area contributed by atoms with E-state index in [1.165, 1.54) is 0 Å². The SMILES string of the molecule is Clc1c(Br)cccc1-n1c(-c2ccccc2)nc2cc3oc4ccccc4c3cc21. The second-order valence-corrected chi connectivity index (χ2v) is 8.38. The number of hydrogen-bond donors (Lipinski definition) is 0. The largest absolute Gasteiger partial charge is 0.456 e. The van der Waals surface area contributed by atoms with Crippen LogP contribution in [0.4, 0.5) is 0 Å². The van der Waals surface area contributed by atoms with Crippen LogP contribution in [-0.4, -0.2) is 9.55 Å². The minimum atomic E-state index is 0.645. The van der Waals surface area contributed by atoms with Crippen LogP contribution in [0, 0.1) is 0 Å². The van der Waals surface area contributed by atoms with Gasteiger partial charge in [0.05, 0.1) is 21.7 Å². The maximum absolute atomic E-state index is 6.72. The molecule has 2 aromatic heterocycles. The van der Waals surface area contributed by atoms with Crippen LogP contribution < -0.4 is 0 Å². The van der Waals surface area contributed by atoms with E-state index >= 15 is 0 Å². The molecule has 0 radical (unpaired) electrons. The van der Waals surface area contributed by atoms with Crippen molar-refractivity contribution in [2.24, 2.45) is 0 Å². The van der Waals surface area contributed by atoms with Crippen LogP contribution in [0.2, 0.25) is 5.02 Å². The molecule has 0 aliphatic carbocycles. The van der Waals surface area contributed by atoms with Crippen molar-refractivity contribution in [3.05, 3.63) is 94.4 Å². The molecule has 0 atom stereocenters. The second kappa shape index (κ2) is 6.73. The van der Waals surface area contributed by atoms with Crippen molar-refractivity contribution in [3.63, 3.8) is 0 Å². The topological polar surface area (TPSA) is 31.0 Å². The Morgan fingerprint density at radius 3 is 2.47 bits per heavy atom. The highest BCUT2D eigenvalue weighted by atomic mass is 79.9. The summed E-state index contributed by atoms with van der Waals surface area (Å²) in [6.45, 7) is 0. The Labute approximate surface area is 185 Å². The fourth-order valence-corrected chi connectivity index (χ4v) is 4.55. The lowest BCUT2D eigenvalue weighted by molar-refractivity contribution is 0.669. The number of para-hydroxylation sites is 1. The average Bonchev–Trinajstić information content (AvgIpc) is 3.32. The van der Waals surface area contributed by atoms with Crippen LogP contribution in [0.3, 0.4) is 0 Å². The minimum absolute atomic E-state index is 0.645. The summed E-state index contributed by atoms with van der Waals surface area (Å²) in [5.74, 6) is 0.836. The molecule has 6 rings (SSSR count). The van der Waals surface area contributed by atoms with Crippen LogP contribution in [0.1, 0.15) is 0 Å². The molecule has 0 spiro atoms. The minimum Gasteiger partial charge on any atom is -0.456 e. The lowest BCUT2D eigenvalue weighted by atomic mass is 10.1. The van der Waals surface area contributed by atoms with E-state index in [1.807, 2.05) is 60.7 Å². The van der Waals surface area contributed by atoms with Crippen molar-refractivity contribution >= 4 is 60.5 Å². The quantitative estimate of drug-likeness (QED) is 0.255. The molecule has 0 bridgehead atoms. The number of benzene rings is 4. The van der Waals surface area contributed by atoms with Crippen molar-refractivity contribution in [1.29, 1.82) is 0 Å². The second-order valence-electron chi connectivity index (χ2n) is 7.15. The lowest BCUT2D eigenvalue weighted by Crippen LogP contribution is -1.98. The lowest BCUT2D eigenvalue weighted by Gasteiger charge is -2.12. The highest BCUT2D eigenvalue weighted by molar-refractivity contribution is 9.10. The van der Waals surface area contributed by atoms with E-state index in [1.54, 1.807) is 0 Å². The maximum Gasteiger partial charge on any atom is 0.145 e. The maximum atomic E-state index is 6.72. The number of furan rings is 1. The first-order valence-electron chi connectivity index (χ1n) is 9.54. The Morgan fingerprint density at radius 2 is 1.60 bits per heavy atom. The van der Waals surface area contributed by atoms with Gasteiger partial charge in [-0.05, 0) is 40.2 Å². The summed E-state index contributed by atoms with van der Waals surface area (Å²) in [5.41, 5.74) is 5.43. The summed E-state index contributed by atoms with van der Waals surface area (Å²) < 4.78 is 9.05. The van der Waals surface area contributed by atoms with Gasteiger partial charge in [0.1, 0.15) is 17.0 Å². The molecule has 144 valence electrons. The predicted octanol–water partition coefficient (Wildman–Crippen LogP) is 8.01. The summed E-state index contributed by atoms with van der Waals surface area (Å²) in [4.78, 5) is 4.98. The number of halogens is 2. The van der Waals surface area contributed by atoms with Crippen LogP contribution in [0.15, 0.2) is 93.8 Å². The van der Waals surface area contributed by atoms with Crippen molar-refractivity contribution in [2.45, 2.75) is 0 Å². The number of nitrogens with zero attached hydrogens (tertiary/aromatic N) is 2. The smallest absolute Gasteiger partial charge is 0.145 e. The molecule has 3 nitrogen and oxygen atoms in total. The zero-order valence-electron chi connectivity index (χ0n) is 15.6. The van der Waals surface area contributed by atoms with Crippen LogP contribution in [-0.2, 0) is 0 Å². The van der Waals surface area contributed by atoms with Gasteiger partial charge in [-0.15, -0.1) is 0 Å². The number of hydrogen-bond acceptors (Lipinski definition) is 2. The molecule has 0 unspecified atom stereocenters. The monoisotopic (exact) mass is 472 g/mol. The van der Waals surface area contributed by atoms with Crippen molar-refractivity contribution in [2.75, 3.05) is 0 Å². The van der Waals surface area contributed by atoms with Gasteiger partial charge in [0.15, 0.2) is 0 Å². The standard InChI is InChI=1S/C25H14BrClN2O/c26-18-10-6-11-20(24(18)27)29-21-13-17-16-9-4-5-12-22(16)30-23(17)14-19(21)28-25(29)15-7-2-1-3-8-15/h1-14H. The van der Waals surface area contributed by atoms with Crippen molar-refractivity contribution < 1.29 is 4.42 Å². The van der Waals surface area contributed by atoms with E-state index in [9.17, 15) is 0 Å². The van der Waals surface area contributed by atoms with E-state index < -0.39 is 0 Å². The first-order chi connectivity index (χ1) is 14.7. The Balaban J connectivity index is 1.77. The highest BCUT2D eigenvalue weighted by Crippen LogP contribution is 2.38. The molecule has 0 aliphatic rings. The zero-order valence-corrected chi connectivity index (χ0v) is 18.0. The molecule has 2 heterocycles. The fraction of sp³-hybridized carbons (Fsp3) is 0. The van der Waals surface area contributed by atoms with Gasteiger partial charge in [-0.1, -0.05) is 66.2 Å². The third-order valence-corrected chi connectivity index (χ3v) is 6.64. The molecular formula is C25H14BrClN2O. The summed E-state index contributed by atoms with van der Waals surface area (Å²) >= 11 is 10.3. The summed E-state index contributed by atoms with van der Waals surface area (Å²) in [7, 11) is 0. The van der Waals surface area contributed by atoms with Crippen molar-refractivity contribution in [1.82, 2.24) is 9.55 Å². The Morgan fingerprint density at radius 1 is 0.800 bits per heavy atom. The highest BCUT2D eigenvalue weighted by Gasteiger charge is 2.19. The molecule has 0 saturated heterocycles. The van der Waals surface area contributed by atoms with Gasteiger partial charge in [0.25, 0.3) is 0 Å². The van der Waals surface area contributed by atoms with E-state index in [-0.39, 0.29) is 0 Å². The number of rotatable bonds is 2. The van der Waals surface area contributed by atoms with E-state index in [4.69, 9.17) is 21.0 Å². The molecule has 0 amide bonds. The Kier molecular flexibility index (Phi) is 3.98. The van der Waals surface area contributed by atoms with Crippen LogP contribution in [0.5, 0.6) is 0 Å². The van der Waals surface area contributed by atoms with E-state index in [2.05, 4.69) is 44.8 Å². The van der Waals surface area contributed by atoms with Gasteiger partial charge in [-0.2, -0.15) is 0 Å². The molecule has 0 aliphatic heterocycles. The first kappa shape index (κ1) is 17.8. The van der Waals surface area contributed by atoms with Gasteiger partial charge in [0, 0.05) is 26.9 Å². The summed E-state index contributed by atoms with van der Waals surface area (Å²) in [6, 6.07) is 28.3. The van der Waals surface area contributed by atoms with Gasteiger partial charge in [-0.3, -0.25) is 4.57 Å². The Hall–Kier alpha value is -3.08. The van der Waals surface area contributed by atoms with Gasteiger partial charge in [-0.25, -0.2) is 4.98 Å². The Bertz CT molecular complexity index is 1570. The molecule has 0 N–H and O–H groups in total.